The summed E-state index contributed by atoms with van der Waals surface area (Å²) in [6.07, 6.45) is 4.45. The fourth-order valence-corrected chi connectivity index (χ4v) is 2.03. The van der Waals surface area contributed by atoms with Crippen molar-refractivity contribution in [2.45, 2.75) is 20.4 Å². The predicted octanol–water partition coefficient (Wildman–Crippen LogP) is 2.00. The number of aryl methyl sites for hydroxylation is 1. The van der Waals surface area contributed by atoms with Gasteiger partial charge in [0.1, 0.15) is 0 Å². The first-order valence-electron chi connectivity index (χ1n) is 7.42. The molecule has 0 aliphatic rings. The van der Waals surface area contributed by atoms with Crippen LogP contribution in [0.5, 0.6) is 0 Å². The fraction of sp³-hybridized carbons (Fsp3) is 0.188. The van der Waals surface area contributed by atoms with Crippen molar-refractivity contribution in [3.63, 3.8) is 0 Å². The molecule has 1 heterocycles. The quantitative estimate of drug-likeness (QED) is 0.213. The second-order valence-electron chi connectivity index (χ2n) is 5.03. The Labute approximate surface area is 143 Å². The Morgan fingerprint density at radius 2 is 2.12 bits per heavy atom. The number of amidine groups is 1. The van der Waals surface area contributed by atoms with E-state index in [-0.39, 0.29) is 11.5 Å². The van der Waals surface area contributed by atoms with E-state index in [1.807, 2.05) is 13.8 Å². The fourth-order valence-electron chi connectivity index (χ4n) is 2.03. The largest absolute Gasteiger partial charge is 0.380 e. The first-order valence-corrected chi connectivity index (χ1v) is 7.42. The van der Waals surface area contributed by atoms with Gasteiger partial charge < -0.3 is 10.6 Å². The van der Waals surface area contributed by atoms with Gasteiger partial charge in [-0.15, -0.1) is 0 Å². The summed E-state index contributed by atoms with van der Waals surface area (Å²) in [4.78, 5) is 26.5. The first-order chi connectivity index (χ1) is 11.9. The minimum absolute atomic E-state index is 0.0633. The maximum absolute atomic E-state index is 11.7. The summed E-state index contributed by atoms with van der Waals surface area (Å²) >= 11 is 0. The van der Waals surface area contributed by atoms with E-state index in [1.165, 1.54) is 30.3 Å². The molecule has 130 valence electrons. The van der Waals surface area contributed by atoms with Crippen molar-refractivity contribution in [3.05, 3.63) is 63.5 Å². The zero-order valence-corrected chi connectivity index (χ0v) is 13.7. The van der Waals surface area contributed by atoms with Crippen LogP contribution < -0.4 is 5.73 Å². The van der Waals surface area contributed by atoms with Gasteiger partial charge in [-0.3, -0.25) is 14.8 Å². The number of nitro benzene ring substituents is 1. The molecule has 1 aromatic carbocycles. The van der Waals surface area contributed by atoms with Crippen LogP contribution in [-0.4, -0.2) is 26.5 Å². The zero-order valence-electron chi connectivity index (χ0n) is 13.7. The SMILES string of the molecule is CCn1ncc(/C=C/C(=O)O/N=C(\N)c2ccc([N+](=O)[O-])cc2)c1C. The summed E-state index contributed by atoms with van der Waals surface area (Å²) in [5.74, 6) is -0.764. The minimum atomic E-state index is -0.700. The van der Waals surface area contributed by atoms with E-state index < -0.39 is 10.9 Å². The van der Waals surface area contributed by atoms with E-state index in [1.54, 1.807) is 17.0 Å². The summed E-state index contributed by atoms with van der Waals surface area (Å²) in [5, 5.41) is 18.3. The Bertz CT molecular complexity index is 837. The van der Waals surface area contributed by atoms with Gasteiger partial charge in [0.15, 0.2) is 5.84 Å². The first kappa shape index (κ1) is 17.9. The predicted molar refractivity (Wildman–Crippen MR) is 91.6 cm³/mol. The minimum Gasteiger partial charge on any atom is -0.380 e. The Hall–Kier alpha value is -3.49. The molecule has 2 rings (SSSR count). The van der Waals surface area contributed by atoms with E-state index in [0.717, 1.165) is 17.8 Å². The second kappa shape index (κ2) is 7.86. The molecule has 25 heavy (non-hydrogen) atoms. The third-order valence-corrected chi connectivity index (χ3v) is 3.45. The average molecular weight is 343 g/mol. The number of carbonyl (C=O) groups excluding carboxylic acids is 1. The topological polar surface area (TPSA) is 126 Å². The molecule has 9 nitrogen and oxygen atoms in total. The monoisotopic (exact) mass is 343 g/mol. The molecule has 0 amide bonds. The van der Waals surface area contributed by atoms with Gasteiger partial charge in [-0.25, -0.2) is 4.79 Å². The van der Waals surface area contributed by atoms with E-state index in [9.17, 15) is 14.9 Å². The maximum Gasteiger partial charge on any atom is 0.358 e. The Kier molecular flexibility index (Phi) is 5.62. The van der Waals surface area contributed by atoms with Gasteiger partial charge >= 0.3 is 5.97 Å². The highest BCUT2D eigenvalue weighted by Crippen LogP contribution is 2.12. The molecule has 0 aliphatic heterocycles. The number of oxime groups is 1. The second-order valence-corrected chi connectivity index (χ2v) is 5.03. The molecule has 0 fully saturated rings. The van der Waals surface area contributed by atoms with Crippen LogP contribution in [0.4, 0.5) is 5.69 Å². The number of benzene rings is 1. The van der Waals surface area contributed by atoms with E-state index in [0.29, 0.717) is 5.56 Å². The van der Waals surface area contributed by atoms with Crippen LogP contribution in [0, 0.1) is 17.0 Å². The molecule has 2 aromatic rings. The van der Waals surface area contributed by atoms with Crippen molar-refractivity contribution >= 4 is 23.6 Å². The van der Waals surface area contributed by atoms with Gasteiger partial charge in [-0.05, 0) is 32.1 Å². The summed E-state index contributed by atoms with van der Waals surface area (Å²) < 4.78 is 1.80. The Balaban J connectivity index is 1.99. The number of nitrogens with two attached hydrogens (primary N) is 1. The highest BCUT2D eigenvalue weighted by molar-refractivity contribution is 5.98. The molecule has 0 saturated carbocycles. The summed E-state index contributed by atoms with van der Waals surface area (Å²) in [6, 6.07) is 5.41. The van der Waals surface area contributed by atoms with Crippen molar-refractivity contribution in [2.24, 2.45) is 10.9 Å². The maximum atomic E-state index is 11.7. The third-order valence-electron chi connectivity index (χ3n) is 3.45. The molecule has 0 bridgehead atoms. The number of hydrogen-bond acceptors (Lipinski definition) is 6. The van der Waals surface area contributed by atoms with Crippen LogP contribution in [0.15, 0.2) is 41.7 Å². The van der Waals surface area contributed by atoms with Crippen molar-refractivity contribution in [1.29, 1.82) is 0 Å². The van der Waals surface area contributed by atoms with Crippen LogP contribution in [0.1, 0.15) is 23.7 Å². The summed E-state index contributed by atoms with van der Waals surface area (Å²) in [5.41, 5.74) is 7.75. The van der Waals surface area contributed by atoms with E-state index in [4.69, 9.17) is 10.6 Å². The molecular formula is C16H17N5O4. The molecule has 2 N–H and O–H groups in total. The van der Waals surface area contributed by atoms with Gasteiger partial charge in [-0.1, -0.05) is 5.16 Å². The number of rotatable bonds is 6. The van der Waals surface area contributed by atoms with E-state index >= 15 is 0 Å². The molecule has 0 atom stereocenters. The molecule has 0 spiro atoms. The lowest BCUT2D eigenvalue weighted by molar-refractivity contribution is -0.384. The van der Waals surface area contributed by atoms with Crippen LogP contribution >= 0.6 is 0 Å². The highest BCUT2D eigenvalue weighted by Gasteiger charge is 2.07. The number of carbonyl (C=O) groups is 1. The number of aromatic nitrogens is 2. The van der Waals surface area contributed by atoms with Crippen molar-refractivity contribution in [1.82, 2.24) is 9.78 Å². The van der Waals surface area contributed by atoms with Crippen molar-refractivity contribution in [3.8, 4) is 0 Å². The zero-order chi connectivity index (χ0) is 18.4. The number of hydrogen-bond donors (Lipinski definition) is 1. The van der Waals surface area contributed by atoms with Crippen molar-refractivity contribution in [2.75, 3.05) is 0 Å². The molecular weight excluding hydrogens is 326 g/mol. The van der Waals surface area contributed by atoms with Crippen LogP contribution in [-0.2, 0) is 16.2 Å². The van der Waals surface area contributed by atoms with Gasteiger partial charge in [0.05, 0.1) is 11.1 Å². The standard InChI is InChI=1S/C16H17N5O4/c1-3-20-11(2)13(10-18-20)6-9-15(22)25-19-16(17)12-4-7-14(8-5-12)21(23)24/h4-10H,3H2,1-2H3,(H2,17,19)/b9-6+. The van der Waals surface area contributed by atoms with Crippen molar-refractivity contribution < 1.29 is 14.6 Å². The molecule has 0 radical (unpaired) electrons. The lowest BCUT2D eigenvalue weighted by Crippen LogP contribution is -2.14. The van der Waals surface area contributed by atoms with Gasteiger partial charge in [-0.2, -0.15) is 5.10 Å². The molecule has 0 saturated heterocycles. The van der Waals surface area contributed by atoms with Gasteiger partial charge in [0.25, 0.3) is 5.69 Å². The lowest BCUT2D eigenvalue weighted by Gasteiger charge is -2.00. The Morgan fingerprint density at radius 3 is 2.68 bits per heavy atom. The van der Waals surface area contributed by atoms with Crippen LogP contribution in [0.25, 0.3) is 6.08 Å². The summed E-state index contributed by atoms with van der Waals surface area (Å²) in [6.45, 7) is 4.60. The molecule has 0 unspecified atom stereocenters. The average Bonchev–Trinajstić information content (AvgIpc) is 2.97. The smallest absolute Gasteiger partial charge is 0.358 e. The highest BCUT2D eigenvalue weighted by atomic mass is 16.7. The molecule has 1 aromatic heterocycles. The number of nitro groups is 1. The normalized spacial score (nSPS) is 11.7. The summed E-state index contributed by atoms with van der Waals surface area (Å²) in [7, 11) is 0. The Morgan fingerprint density at radius 1 is 1.44 bits per heavy atom. The van der Waals surface area contributed by atoms with Gasteiger partial charge in [0.2, 0.25) is 0 Å². The molecule has 9 heteroatoms. The number of non-ortho nitro benzene ring substituents is 1. The van der Waals surface area contributed by atoms with Crippen LogP contribution in [0.3, 0.4) is 0 Å². The van der Waals surface area contributed by atoms with Crippen LogP contribution in [0.2, 0.25) is 0 Å². The van der Waals surface area contributed by atoms with E-state index in [2.05, 4.69) is 10.3 Å². The number of nitrogens with zero attached hydrogens (tertiary/aromatic N) is 4. The molecule has 0 aliphatic carbocycles. The van der Waals surface area contributed by atoms with Gasteiger partial charge in [0, 0.05) is 41.6 Å². The lowest BCUT2D eigenvalue weighted by atomic mass is 10.2. The third kappa shape index (κ3) is 4.50.